The molecule has 106 valence electrons. The quantitative estimate of drug-likeness (QED) is 0.890. The van der Waals surface area contributed by atoms with Gasteiger partial charge in [0.2, 0.25) is 0 Å². The van der Waals surface area contributed by atoms with Crippen molar-refractivity contribution < 1.29 is 4.39 Å². The molecule has 1 fully saturated rings. The topological polar surface area (TPSA) is 18.5 Å². The molecule has 1 aliphatic rings. The predicted octanol–water partition coefficient (Wildman–Crippen LogP) is 1.82. The zero-order chi connectivity index (χ0) is 13.7. The van der Waals surface area contributed by atoms with Gasteiger partial charge < -0.3 is 10.2 Å². The molecule has 1 heterocycles. The van der Waals surface area contributed by atoms with E-state index < -0.39 is 0 Å². The van der Waals surface area contributed by atoms with Gasteiger partial charge in [-0.15, -0.1) is 0 Å². The molecule has 0 radical (unpaired) electrons. The number of halogens is 2. The van der Waals surface area contributed by atoms with E-state index in [1.807, 2.05) is 0 Å². The number of piperazine rings is 1. The van der Waals surface area contributed by atoms with Crippen molar-refractivity contribution in [2.24, 2.45) is 0 Å². The summed E-state index contributed by atoms with van der Waals surface area (Å²) in [6, 6.07) is 4.60. The second-order valence-electron chi connectivity index (χ2n) is 5.07. The van der Waals surface area contributed by atoms with Crippen molar-refractivity contribution in [3.63, 3.8) is 0 Å². The van der Waals surface area contributed by atoms with Gasteiger partial charge in [0.05, 0.1) is 0 Å². The lowest BCUT2D eigenvalue weighted by atomic mass is 10.2. The molecule has 0 atom stereocenters. The minimum atomic E-state index is -0.280. The normalized spacial score (nSPS) is 17.1. The molecule has 2 rings (SSSR count). The molecular weight excluding hydrogens is 265 g/mol. The molecule has 0 amide bonds. The minimum Gasteiger partial charge on any atom is -0.314 e. The average molecular weight is 286 g/mol. The third-order valence-electron chi connectivity index (χ3n) is 3.46. The Kier molecular flexibility index (Phi) is 5.58. The van der Waals surface area contributed by atoms with E-state index in [0.29, 0.717) is 5.02 Å². The van der Waals surface area contributed by atoms with Crippen molar-refractivity contribution in [2.75, 3.05) is 46.3 Å². The molecule has 5 heteroatoms. The molecule has 0 saturated carbocycles. The number of hydrogen-bond donors (Lipinski definition) is 1. The molecule has 0 unspecified atom stereocenters. The van der Waals surface area contributed by atoms with Crippen LogP contribution >= 0.6 is 11.6 Å². The van der Waals surface area contributed by atoms with Gasteiger partial charge in [-0.2, -0.15) is 0 Å². The highest BCUT2D eigenvalue weighted by atomic mass is 35.5. The van der Waals surface area contributed by atoms with Crippen molar-refractivity contribution in [3.05, 3.63) is 34.6 Å². The molecule has 0 aromatic heterocycles. The summed E-state index contributed by atoms with van der Waals surface area (Å²) >= 11 is 6.04. The zero-order valence-electron chi connectivity index (χ0n) is 11.3. The molecule has 1 N–H and O–H groups in total. The molecule has 1 aromatic carbocycles. The van der Waals surface area contributed by atoms with E-state index in [1.54, 1.807) is 6.07 Å². The Morgan fingerprint density at radius 1 is 1.37 bits per heavy atom. The maximum atomic E-state index is 13.0. The smallest absolute Gasteiger partial charge is 0.124 e. The maximum absolute atomic E-state index is 13.0. The number of nitrogens with one attached hydrogen (secondary N) is 1. The van der Waals surface area contributed by atoms with Gasteiger partial charge in [0.1, 0.15) is 5.82 Å². The van der Waals surface area contributed by atoms with Crippen LogP contribution < -0.4 is 5.32 Å². The van der Waals surface area contributed by atoms with Crippen molar-refractivity contribution in [1.29, 1.82) is 0 Å². The van der Waals surface area contributed by atoms with E-state index in [4.69, 9.17) is 11.6 Å². The lowest BCUT2D eigenvalue weighted by molar-refractivity contribution is 0.202. The van der Waals surface area contributed by atoms with E-state index in [9.17, 15) is 4.39 Å². The van der Waals surface area contributed by atoms with Gasteiger partial charge in [0.25, 0.3) is 0 Å². The average Bonchev–Trinajstić information content (AvgIpc) is 2.41. The van der Waals surface area contributed by atoms with Gasteiger partial charge in [-0.05, 0) is 24.7 Å². The maximum Gasteiger partial charge on any atom is 0.124 e. The highest BCUT2D eigenvalue weighted by Gasteiger charge is 2.11. The van der Waals surface area contributed by atoms with E-state index in [0.717, 1.165) is 51.4 Å². The van der Waals surface area contributed by atoms with E-state index >= 15 is 0 Å². The first-order valence-electron chi connectivity index (χ1n) is 6.71. The standard InChI is InChI=1S/C14H21ClFN3/c1-18(8-9-19-6-4-17-5-7-19)11-12-2-3-13(16)10-14(12)15/h2-3,10,17H,4-9,11H2,1H3. The van der Waals surface area contributed by atoms with Crippen molar-refractivity contribution in [3.8, 4) is 0 Å². The first-order valence-corrected chi connectivity index (χ1v) is 7.08. The fourth-order valence-corrected chi connectivity index (χ4v) is 2.49. The third-order valence-corrected chi connectivity index (χ3v) is 3.81. The Morgan fingerprint density at radius 2 is 2.11 bits per heavy atom. The van der Waals surface area contributed by atoms with Crippen LogP contribution in [0, 0.1) is 5.82 Å². The van der Waals surface area contributed by atoms with Crippen LogP contribution in [0.15, 0.2) is 18.2 Å². The van der Waals surface area contributed by atoms with Crippen molar-refractivity contribution >= 4 is 11.6 Å². The van der Waals surface area contributed by atoms with Crippen LogP contribution in [0.25, 0.3) is 0 Å². The second kappa shape index (κ2) is 7.20. The first-order chi connectivity index (χ1) is 9.15. The van der Waals surface area contributed by atoms with Gasteiger partial charge in [0, 0.05) is 50.8 Å². The Balaban J connectivity index is 1.78. The highest BCUT2D eigenvalue weighted by Crippen LogP contribution is 2.18. The summed E-state index contributed by atoms with van der Waals surface area (Å²) in [5.41, 5.74) is 0.978. The van der Waals surface area contributed by atoms with E-state index in [1.165, 1.54) is 12.1 Å². The number of rotatable bonds is 5. The van der Waals surface area contributed by atoms with Crippen LogP contribution in [-0.4, -0.2) is 56.1 Å². The summed E-state index contributed by atoms with van der Waals surface area (Å²) in [5.74, 6) is -0.280. The van der Waals surface area contributed by atoms with Crippen LogP contribution in [0.1, 0.15) is 5.56 Å². The lowest BCUT2D eigenvalue weighted by Crippen LogP contribution is -2.45. The van der Waals surface area contributed by atoms with Gasteiger partial charge in [-0.3, -0.25) is 4.90 Å². The third kappa shape index (κ3) is 4.73. The fraction of sp³-hybridized carbons (Fsp3) is 0.571. The Bertz CT molecular complexity index is 408. The molecule has 3 nitrogen and oxygen atoms in total. The van der Waals surface area contributed by atoms with Crippen LogP contribution in [0.2, 0.25) is 5.02 Å². The molecule has 0 spiro atoms. The van der Waals surface area contributed by atoms with Crippen LogP contribution in [0.3, 0.4) is 0 Å². The Labute approximate surface area is 119 Å². The van der Waals surface area contributed by atoms with Gasteiger partial charge in [-0.25, -0.2) is 4.39 Å². The number of likely N-dealkylation sites (N-methyl/N-ethyl adjacent to an activating group) is 1. The molecule has 0 bridgehead atoms. The summed E-state index contributed by atoms with van der Waals surface area (Å²) in [7, 11) is 2.07. The largest absolute Gasteiger partial charge is 0.314 e. The summed E-state index contributed by atoms with van der Waals surface area (Å²) in [5, 5.41) is 3.86. The second-order valence-corrected chi connectivity index (χ2v) is 5.47. The molecule has 19 heavy (non-hydrogen) atoms. The van der Waals surface area contributed by atoms with Crippen LogP contribution in [-0.2, 0) is 6.54 Å². The molecule has 1 aliphatic heterocycles. The summed E-state index contributed by atoms with van der Waals surface area (Å²) in [4.78, 5) is 4.68. The van der Waals surface area contributed by atoms with Crippen molar-refractivity contribution in [1.82, 2.24) is 15.1 Å². The van der Waals surface area contributed by atoms with Crippen molar-refractivity contribution in [2.45, 2.75) is 6.54 Å². The van der Waals surface area contributed by atoms with Gasteiger partial charge in [0.15, 0.2) is 0 Å². The molecule has 0 aliphatic carbocycles. The number of hydrogen-bond acceptors (Lipinski definition) is 3. The van der Waals surface area contributed by atoms with Gasteiger partial charge in [-0.1, -0.05) is 17.7 Å². The fourth-order valence-electron chi connectivity index (χ4n) is 2.27. The zero-order valence-corrected chi connectivity index (χ0v) is 12.1. The SMILES string of the molecule is CN(CCN1CCNCC1)Cc1ccc(F)cc1Cl. The highest BCUT2D eigenvalue weighted by molar-refractivity contribution is 6.31. The van der Waals surface area contributed by atoms with Crippen LogP contribution in [0.4, 0.5) is 4.39 Å². The lowest BCUT2D eigenvalue weighted by Gasteiger charge is -2.29. The minimum absolute atomic E-state index is 0.280. The Hall–Kier alpha value is -0.680. The summed E-state index contributed by atoms with van der Waals surface area (Å²) in [6.07, 6.45) is 0. The van der Waals surface area contributed by atoms with E-state index in [-0.39, 0.29) is 5.82 Å². The number of benzene rings is 1. The van der Waals surface area contributed by atoms with Crippen LogP contribution in [0.5, 0.6) is 0 Å². The Morgan fingerprint density at radius 3 is 2.79 bits per heavy atom. The molecule has 1 aromatic rings. The molecular formula is C14H21ClFN3. The van der Waals surface area contributed by atoms with Gasteiger partial charge >= 0.3 is 0 Å². The first kappa shape index (κ1) is 14.7. The summed E-state index contributed by atoms with van der Waals surface area (Å²) in [6.45, 7) is 7.20. The summed E-state index contributed by atoms with van der Waals surface area (Å²) < 4.78 is 13.0. The number of nitrogens with zero attached hydrogens (tertiary/aromatic N) is 2. The molecule has 1 saturated heterocycles. The predicted molar refractivity (Wildman–Crippen MR) is 77.1 cm³/mol. The van der Waals surface area contributed by atoms with E-state index in [2.05, 4.69) is 22.2 Å². The monoisotopic (exact) mass is 285 g/mol.